The molecule has 3 heterocycles. The summed E-state index contributed by atoms with van der Waals surface area (Å²) in [5.74, 6) is 2.87. The molecule has 1 atom stereocenters. The van der Waals surface area contributed by atoms with Crippen molar-refractivity contribution in [3.8, 4) is 11.4 Å². The Labute approximate surface area is 204 Å². The molecule has 3 aromatic rings. The highest BCUT2D eigenvalue weighted by Crippen LogP contribution is 2.34. The van der Waals surface area contributed by atoms with E-state index >= 15 is 0 Å². The Morgan fingerprint density at radius 3 is 2.65 bits per heavy atom. The lowest BCUT2D eigenvalue weighted by Gasteiger charge is -2.31. The fourth-order valence-corrected chi connectivity index (χ4v) is 5.80. The third-order valence-electron chi connectivity index (χ3n) is 6.66. The molecular formula is C26H31FN4O2S. The number of benzene rings is 2. The molecule has 0 aliphatic carbocycles. The number of ether oxygens (including phenoxy) is 2. The zero-order valence-electron chi connectivity index (χ0n) is 19.5. The van der Waals surface area contributed by atoms with Crippen molar-refractivity contribution in [2.75, 3.05) is 32.6 Å². The molecule has 8 heteroatoms. The van der Waals surface area contributed by atoms with Gasteiger partial charge in [-0.2, -0.15) is 0 Å². The Morgan fingerprint density at radius 1 is 1.09 bits per heavy atom. The van der Waals surface area contributed by atoms with Gasteiger partial charge in [-0.15, -0.1) is 10.2 Å². The van der Waals surface area contributed by atoms with E-state index in [1.807, 2.05) is 30.3 Å². The summed E-state index contributed by atoms with van der Waals surface area (Å²) in [6.45, 7) is 3.66. The third-order valence-corrected chi connectivity index (χ3v) is 7.73. The summed E-state index contributed by atoms with van der Waals surface area (Å²) in [7, 11) is 1.69. The Hall–Kier alpha value is -2.42. The summed E-state index contributed by atoms with van der Waals surface area (Å²) in [4.78, 5) is 2.43. The molecule has 34 heavy (non-hydrogen) atoms. The summed E-state index contributed by atoms with van der Waals surface area (Å²) < 4.78 is 26.7. The number of aromatic nitrogens is 3. The number of halogens is 1. The second-order valence-corrected chi connectivity index (χ2v) is 9.99. The molecule has 180 valence electrons. The van der Waals surface area contributed by atoms with Crippen LogP contribution in [0.2, 0.25) is 0 Å². The highest BCUT2D eigenvalue weighted by atomic mass is 32.2. The van der Waals surface area contributed by atoms with Gasteiger partial charge in [-0.25, -0.2) is 4.39 Å². The second-order valence-electron chi connectivity index (χ2n) is 9.00. The molecule has 0 amide bonds. The summed E-state index contributed by atoms with van der Waals surface area (Å²) in [5.41, 5.74) is 2.18. The predicted octanol–water partition coefficient (Wildman–Crippen LogP) is 5.07. The fourth-order valence-electron chi connectivity index (χ4n) is 4.77. The van der Waals surface area contributed by atoms with Crippen molar-refractivity contribution >= 4 is 11.8 Å². The molecule has 0 bridgehead atoms. The van der Waals surface area contributed by atoms with Gasteiger partial charge in [0.05, 0.1) is 18.9 Å². The molecule has 6 nitrogen and oxygen atoms in total. The van der Waals surface area contributed by atoms with Crippen LogP contribution in [0.5, 0.6) is 5.75 Å². The fraction of sp³-hybridized carbons (Fsp3) is 0.462. The van der Waals surface area contributed by atoms with E-state index in [9.17, 15) is 4.39 Å². The number of likely N-dealkylation sites (tertiary alicyclic amines) is 1. The van der Waals surface area contributed by atoms with Gasteiger partial charge < -0.3 is 9.47 Å². The van der Waals surface area contributed by atoms with Crippen molar-refractivity contribution in [2.45, 2.75) is 49.4 Å². The zero-order chi connectivity index (χ0) is 23.3. The molecule has 5 rings (SSSR count). The summed E-state index contributed by atoms with van der Waals surface area (Å²) in [5, 5.41) is 10.2. The highest BCUT2D eigenvalue weighted by molar-refractivity contribution is 7.99. The van der Waals surface area contributed by atoms with Crippen molar-refractivity contribution in [1.29, 1.82) is 0 Å². The van der Waals surface area contributed by atoms with E-state index in [0.29, 0.717) is 12.0 Å². The molecule has 2 aliphatic heterocycles. The van der Waals surface area contributed by atoms with E-state index in [4.69, 9.17) is 9.47 Å². The minimum absolute atomic E-state index is 0.187. The molecule has 0 spiro atoms. The standard InChI is InChI=1S/C26H31FN4O2S/c1-32-23-5-2-4-22(16-23)31-25(28-29-26(31)34-18-24-6-3-15-33-24)20-11-13-30(14-12-20)17-19-7-9-21(27)10-8-19/h2,4-5,7-10,16,20,24H,3,6,11-15,17-18H2,1H3. The van der Waals surface area contributed by atoms with E-state index in [-0.39, 0.29) is 5.82 Å². The van der Waals surface area contributed by atoms with Crippen LogP contribution in [0.25, 0.3) is 5.69 Å². The van der Waals surface area contributed by atoms with E-state index in [2.05, 4.69) is 25.7 Å². The van der Waals surface area contributed by atoms with E-state index in [1.54, 1.807) is 18.9 Å². The average Bonchev–Trinajstić information content (AvgIpc) is 3.55. The van der Waals surface area contributed by atoms with Crippen LogP contribution in [0.3, 0.4) is 0 Å². The number of rotatable bonds is 8. The van der Waals surface area contributed by atoms with Gasteiger partial charge in [0.15, 0.2) is 5.16 Å². The van der Waals surface area contributed by atoms with Crippen molar-refractivity contribution in [3.63, 3.8) is 0 Å². The smallest absolute Gasteiger partial charge is 0.195 e. The summed E-state index contributed by atoms with van der Waals surface area (Å²) in [6, 6.07) is 14.9. The number of hydrogen-bond donors (Lipinski definition) is 0. The van der Waals surface area contributed by atoms with Gasteiger partial charge in [0.2, 0.25) is 0 Å². The van der Waals surface area contributed by atoms with E-state index < -0.39 is 0 Å². The van der Waals surface area contributed by atoms with Gasteiger partial charge in [0, 0.05) is 30.9 Å². The Balaban J connectivity index is 1.32. The summed E-state index contributed by atoms with van der Waals surface area (Å²) in [6.07, 6.45) is 4.56. The highest BCUT2D eigenvalue weighted by Gasteiger charge is 2.28. The van der Waals surface area contributed by atoms with Crippen LogP contribution < -0.4 is 4.74 Å². The first kappa shape index (κ1) is 23.3. The minimum atomic E-state index is -0.187. The Kier molecular flexibility index (Phi) is 7.47. The number of hydrogen-bond acceptors (Lipinski definition) is 6. The van der Waals surface area contributed by atoms with Gasteiger partial charge in [-0.05, 0) is 68.6 Å². The molecule has 2 saturated heterocycles. The second kappa shape index (κ2) is 10.9. The lowest BCUT2D eigenvalue weighted by atomic mass is 9.95. The molecule has 1 aromatic heterocycles. The molecule has 2 aliphatic rings. The van der Waals surface area contributed by atoms with Gasteiger partial charge in [-0.1, -0.05) is 30.0 Å². The molecular weight excluding hydrogens is 451 g/mol. The van der Waals surface area contributed by atoms with E-state index in [1.165, 1.54) is 12.1 Å². The molecule has 0 saturated carbocycles. The van der Waals surface area contributed by atoms with Crippen LogP contribution in [0.15, 0.2) is 53.7 Å². The number of thioether (sulfide) groups is 1. The van der Waals surface area contributed by atoms with Crippen LogP contribution in [-0.2, 0) is 11.3 Å². The van der Waals surface area contributed by atoms with Gasteiger partial charge in [0.25, 0.3) is 0 Å². The zero-order valence-corrected chi connectivity index (χ0v) is 20.3. The monoisotopic (exact) mass is 482 g/mol. The van der Waals surface area contributed by atoms with Gasteiger partial charge >= 0.3 is 0 Å². The normalized spacial score (nSPS) is 19.5. The minimum Gasteiger partial charge on any atom is -0.497 e. The van der Waals surface area contributed by atoms with Gasteiger partial charge in [-0.3, -0.25) is 9.47 Å². The maximum absolute atomic E-state index is 13.2. The van der Waals surface area contributed by atoms with E-state index in [0.717, 1.165) is 85.7 Å². The first-order valence-electron chi connectivity index (χ1n) is 12.0. The molecule has 0 radical (unpaired) electrons. The van der Waals surface area contributed by atoms with Crippen LogP contribution in [0.1, 0.15) is 43.0 Å². The molecule has 2 fully saturated rings. The first-order chi connectivity index (χ1) is 16.7. The third kappa shape index (κ3) is 5.45. The molecule has 1 unspecified atom stereocenters. The Morgan fingerprint density at radius 2 is 1.91 bits per heavy atom. The van der Waals surface area contributed by atoms with Gasteiger partial charge in [0.1, 0.15) is 17.4 Å². The largest absolute Gasteiger partial charge is 0.497 e. The first-order valence-corrected chi connectivity index (χ1v) is 13.0. The van der Waals surface area contributed by atoms with Crippen LogP contribution in [0, 0.1) is 5.82 Å². The van der Waals surface area contributed by atoms with Crippen LogP contribution in [0.4, 0.5) is 4.39 Å². The quantitative estimate of drug-likeness (QED) is 0.418. The van der Waals surface area contributed by atoms with Crippen molar-refractivity contribution in [2.24, 2.45) is 0 Å². The van der Waals surface area contributed by atoms with Crippen molar-refractivity contribution < 1.29 is 13.9 Å². The van der Waals surface area contributed by atoms with Crippen LogP contribution >= 0.6 is 11.8 Å². The maximum Gasteiger partial charge on any atom is 0.195 e. The lowest BCUT2D eigenvalue weighted by molar-refractivity contribution is 0.129. The van der Waals surface area contributed by atoms with Crippen molar-refractivity contribution in [1.82, 2.24) is 19.7 Å². The number of nitrogens with zero attached hydrogens (tertiary/aromatic N) is 4. The maximum atomic E-state index is 13.2. The van der Waals surface area contributed by atoms with Crippen molar-refractivity contribution in [3.05, 3.63) is 65.7 Å². The SMILES string of the molecule is COc1cccc(-n2c(SCC3CCCO3)nnc2C2CCN(Cc3ccc(F)cc3)CC2)c1. The number of methoxy groups -OCH3 is 1. The number of piperidine rings is 1. The predicted molar refractivity (Wildman–Crippen MR) is 131 cm³/mol. The lowest BCUT2D eigenvalue weighted by Crippen LogP contribution is -2.33. The molecule has 0 N–H and O–H groups in total. The van der Waals surface area contributed by atoms with Crippen LogP contribution in [-0.4, -0.2) is 58.3 Å². The summed E-state index contributed by atoms with van der Waals surface area (Å²) >= 11 is 1.72. The Bertz CT molecular complexity index is 1080. The molecule has 2 aromatic carbocycles. The average molecular weight is 483 g/mol. The topological polar surface area (TPSA) is 52.4 Å².